The van der Waals surface area contributed by atoms with Gasteiger partial charge in [-0.05, 0) is 24.6 Å². The Hall–Kier alpha value is -1.67. The van der Waals surface area contributed by atoms with E-state index in [4.69, 9.17) is 5.73 Å². The Kier molecular flexibility index (Phi) is 5.13. The summed E-state index contributed by atoms with van der Waals surface area (Å²) in [5, 5.41) is 7.66. The number of nitrogens with two attached hydrogens (primary N) is 1. The van der Waals surface area contributed by atoms with Crippen LogP contribution >= 0.6 is 23.1 Å². The van der Waals surface area contributed by atoms with Gasteiger partial charge >= 0.3 is 0 Å². The predicted octanol–water partition coefficient (Wildman–Crippen LogP) is 2.40. The number of hydrogen-bond donors (Lipinski definition) is 1. The van der Waals surface area contributed by atoms with Crippen molar-refractivity contribution >= 4 is 34.1 Å². The molecule has 2 rings (SSSR count). The molecule has 5 nitrogen and oxygen atoms in total. The third kappa shape index (κ3) is 4.40. The number of amides is 1. The van der Waals surface area contributed by atoms with Gasteiger partial charge in [-0.3, -0.25) is 4.79 Å². The van der Waals surface area contributed by atoms with E-state index in [9.17, 15) is 9.18 Å². The van der Waals surface area contributed by atoms with Gasteiger partial charge in [0.2, 0.25) is 11.0 Å². The minimum atomic E-state index is -0.309. The lowest BCUT2D eigenvalue weighted by Crippen LogP contribution is -2.32. The van der Waals surface area contributed by atoms with Crippen molar-refractivity contribution in [3.8, 4) is 0 Å². The SMILES string of the molecule is C[C@@H](Sc1nnc(N)s1)C(=O)N(C)Cc1cccc(F)c1. The summed E-state index contributed by atoms with van der Waals surface area (Å²) < 4.78 is 13.8. The summed E-state index contributed by atoms with van der Waals surface area (Å²) in [5.74, 6) is -0.363. The van der Waals surface area contributed by atoms with Gasteiger partial charge in [0.25, 0.3) is 0 Å². The second kappa shape index (κ2) is 6.86. The molecule has 0 radical (unpaired) electrons. The Morgan fingerprint density at radius 1 is 1.52 bits per heavy atom. The van der Waals surface area contributed by atoms with Crippen LogP contribution in [0.2, 0.25) is 0 Å². The van der Waals surface area contributed by atoms with Crippen LogP contribution in [-0.2, 0) is 11.3 Å². The fourth-order valence-electron chi connectivity index (χ4n) is 1.77. The smallest absolute Gasteiger partial charge is 0.235 e. The molecule has 2 aromatic rings. The highest BCUT2D eigenvalue weighted by molar-refractivity contribution is 8.02. The van der Waals surface area contributed by atoms with Gasteiger partial charge in [-0.2, -0.15) is 0 Å². The Bertz CT molecular complexity index is 634. The third-order valence-electron chi connectivity index (χ3n) is 2.73. The number of halogens is 1. The van der Waals surface area contributed by atoms with Crippen LogP contribution in [0.25, 0.3) is 0 Å². The van der Waals surface area contributed by atoms with E-state index >= 15 is 0 Å². The van der Waals surface area contributed by atoms with Crippen LogP contribution in [0.3, 0.4) is 0 Å². The normalized spacial score (nSPS) is 12.1. The molecule has 1 aromatic carbocycles. The Morgan fingerprint density at radius 3 is 2.90 bits per heavy atom. The van der Waals surface area contributed by atoms with E-state index in [1.807, 2.05) is 0 Å². The molecular weight excluding hydrogens is 311 g/mol. The molecule has 1 heterocycles. The zero-order chi connectivity index (χ0) is 15.4. The maximum absolute atomic E-state index is 13.1. The summed E-state index contributed by atoms with van der Waals surface area (Å²) in [7, 11) is 1.69. The molecule has 0 saturated carbocycles. The number of benzene rings is 1. The summed E-state index contributed by atoms with van der Waals surface area (Å²) in [4.78, 5) is 13.8. The Balaban J connectivity index is 1.95. The van der Waals surface area contributed by atoms with Crippen LogP contribution in [0.1, 0.15) is 12.5 Å². The topological polar surface area (TPSA) is 72.1 Å². The van der Waals surface area contributed by atoms with E-state index in [2.05, 4.69) is 10.2 Å². The van der Waals surface area contributed by atoms with E-state index in [1.165, 1.54) is 35.2 Å². The molecule has 0 aliphatic carbocycles. The van der Waals surface area contributed by atoms with Crippen LogP contribution in [0.15, 0.2) is 28.6 Å². The molecule has 0 bridgehead atoms. The summed E-state index contributed by atoms with van der Waals surface area (Å²) in [6, 6.07) is 6.22. The van der Waals surface area contributed by atoms with Crippen molar-refractivity contribution < 1.29 is 9.18 Å². The van der Waals surface area contributed by atoms with E-state index in [0.717, 1.165) is 5.56 Å². The Labute approximate surface area is 130 Å². The van der Waals surface area contributed by atoms with E-state index < -0.39 is 0 Å². The molecule has 21 heavy (non-hydrogen) atoms. The maximum atomic E-state index is 13.1. The van der Waals surface area contributed by atoms with Gasteiger partial charge in [0.05, 0.1) is 5.25 Å². The zero-order valence-electron chi connectivity index (χ0n) is 11.6. The molecule has 0 spiro atoms. The minimum Gasteiger partial charge on any atom is -0.374 e. The highest BCUT2D eigenvalue weighted by atomic mass is 32.2. The van der Waals surface area contributed by atoms with Gasteiger partial charge in [0.1, 0.15) is 5.82 Å². The summed E-state index contributed by atoms with van der Waals surface area (Å²) in [6.07, 6.45) is 0. The quantitative estimate of drug-likeness (QED) is 0.854. The average Bonchev–Trinajstić information content (AvgIpc) is 2.83. The van der Waals surface area contributed by atoms with Crippen molar-refractivity contribution in [3.63, 3.8) is 0 Å². The average molecular weight is 326 g/mol. The number of carbonyl (C=O) groups is 1. The van der Waals surface area contributed by atoms with Gasteiger partial charge < -0.3 is 10.6 Å². The molecular formula is C13H15FN4OS2. The number of nitrogen functional groups attached to an aromatic ring is 1. The lowest BCUT2D eigenvalue weighted by molar-refractivity contribution is -0.129. The minimum absolute atomic E-state index is 0.0574. The van der Waals surface area contributed by atoms with Crippen LogP contribution in [0.5, 0.6) is 0 Å². The highest BCUT2D eigenvalue weighted by Gasteiger charge is 2.20. The first-order valence-electron chi connectivity index (χ1n) is 6.21. The number of aromatic nitrogens is 2. The number of anilines is 1. The van der Waals surface area contributed by atoms with Gasteiger partial charge in [0, 0.05) is 13.6 Å². The Morgan fingerprint density at radius 2 is 2.29 bits per heavy atom. The summed E-state index contributed by atoms with van der Waals surface area (Å²) in [6.45, 7) is 2.16. The third-order valence-corrected chi connectivity index (χ3v) is 4.66. The van der Waals surface area contributed by atoms with E-state index in [0.29, 0.717) is 16.0 Å². The first-order valence-corrected chi connectivity index (χ1v) is 7.90. The fourth-order valence-corrected chi connectivity index (χ4v) is 3.66. The molecule has 1 atom stereocenters. The predicted molar refractivity (Wildman–Crippen MR) is 82.5 cm³/mol. The number of rotatable bonds is 5. The monoisotopic (exact) mass is 326 g/mol. The molecule has 0 unspecified atom stereocenters. The van der Waals surface area contributed by atoms with Crippen molar-refractivity contribution in [1.29, 1.82) is 0 Å². The lowest BCUT2D eigenvalue weighted by atomic mass is 10.2. The van der Waals surface area contributed by atoms with E-state index in [1.54, 1.807) is 31.0 Å². The van der Waals surface area contributed by atoms with Crippen molar-refractivity contribution in [2.24, 2.45) is 0 Å². The van der Waals surface area contributed by atoms with Crippen molar-refractivity contribution in [1.82, 2.24) is 15.1 Å². The first-order chi connectivity index (χ1) is 9.95. The fraction of sp³-hybridized carbons (Fsp3) is 0.308. The van der Waals surface area contributed by atoms with Gasteiger partial charge in [0.15, 0.2) is 4.34 Å². The standard InChI is InChI=1S/C13H15FN4OS2/c1-8(20-13-17-16-12(15)21-13)11(19)18(2)7-9-4-3-5-10(14)6-9/h3-6,8H,7H2,1-2H3,(H2,15,16)/t8-/m1/s1. The molecule has 1 aromatic heterocycles. The largest absolute Gasteiger partial charge is 0.374 e. The number of carbonyl (C=O) groups excluding carboxylic acids is 1. The maximum Gasteiger partial charge on any atom is 0.235 e. The molecule has 112 valence electrons. The number of hydrogen-bond acceptors (Lipinski definition) is 6. The molecule has 0 aliphatic rings. The lowest BCUT2D eigenvalue weighted by Gasteiger charge is -2.20. The summed E-state index contributed by atoms with van der Waals surface area (Å²) in [5.41, 5.74) is 6.26. The zero-order valence-corrected chi connectivity index (χ0v) is 13.2. The molecule has 2 N–H and O–H groups in total. The summed E-state index contributed by atoms with van der Waals surface area (Å²) >= 11 is 2.56. The van der Waals surface area contributed by atoms with Crippen molar-refractivity contribution in [3.05, 3.63) is 35.6 Å². The first kappa shape index (κ1) is 15.7. The van der Waals surface area contributed by atoms with Crippen LogP contribution in [0, 0.1) is 5.82 Å². The van der Waals surface area contributed by atoms with Gasteiger partial charge in [-0.15, -0.1) is 10.2 Å². The van der Waals surface area contributed by atoms with E-state index in [-0.39, 0.29) is 17.0 Å². The molecule has 0 fully saturated rings. The number of thioether (sulfide) groups is 1. The number of nitrogens with zero attached hydrogens (tertiary/aromatic N) is 3. The van der Waals surface area contributed by atoms with Crippen LogP contribution in [-0.4, -0.2) is 33.3 Å². The van der Waals surface area contributed by atoms with Gasteiger partial charge in [-0.1, -0.05) is 35.2 Å². The molecule has 8 heteroatoms. The second-order valence-electron chi connectivity index (χ2n) is 4.49. The second-order valence-corrected chi connectivity index (χ2v) is 7.09. The van der Waals surface area contributed by atoms with Gasteiger partial charge in [-0.25, -0.2) is 4.39 Å². The molecule has 0 saturated heterocycles. The van der Waals surface area contributed by atoms with Crippen molar-refractivity contribution in [2.45, 2.75) is 23.1 Å². The van der Waals surface area contributed by atoms with Crippen molar-refractivity contribution in [2.75, 3.05) is 12.8 Å². The molecule has 1 amide bonds. The van der Waals surface area contributed by atoms with Crippen LogP contribution in [0.4, 0.5) is 9.52 Å². The van der Waals surface area contributed by atoms with Crippen LogP contribution < -0.4 is 5.73 Å². The molecule has 0 aliphatic heterocycles. The highest BCUT2D eigenvalue weighted by Crippen LogP contribution is 2.28.